The fourth-order valence-electron chi connectivity index (χ4n) is 2.11. The molecule has 2 aromatic rings. The largest absolute Gasteiger partial charge is 0.480 e. The van der Waals surface area contributed by atoms with Crippen LogP contribution in [0.1, 0.15) is 29.8 Å². The topological polar surface area (TPSA) is 47.0 Å². The molecule has 1 N–H and O–H groups in total. The van der Waals surface area contributed by atoms with Gasteiger partial charge in [-0.2, -0.15) is 5.10 Å². The van der Waals surface area contributed by atoms with E-state index in [9.17, 15) is 0 Å². The predicted octanol–water partition coefficient (Wildman–Crippen LogP) is 2.69. The molecule has 0 bridgehead atoms. The van der Waals surface area contributed by atoms with Crippen molar-refractivity contribution >= 4 is 0 Å². The Morgan fingerprint density at radius 1 is 1.10 bits per heavy atom. The number of nitrogens with zero attached hydrogens (tertiary/aromatic N) is 2. The van der Waals surface area contributed by atoms with Crippen LogP contribution in [0.2, 0.25) is 0 Å². The molecule has 4 nitrogen and oxygen atoms in total. The second-order valence-electron chi connectivity index (χ2n) is 4.80. The van der Waals surface area contributed by atoms with Crippen LogP contribution in [-0.2, 0) is 6.42 Å². The number of aromatic nitrogens is 2. The average Bonchev–Trinajstić information content (AvgIpc) is 2.49. The van der Waals surface area contributed by atoms with Crippen molar-refractivity contribution in [2.45, 2.75) is 26.3 Å². The van der Waals surface area contributed by atoms with Crippen LogP contribution >= 0.6 is 0 Å². The van der Waals surface area contributed by atoms with Gasteiger partial charge < -0.3 is 10.1 Å². The molecule has 1 aromatic heterocycles. The lowest BCUT2D eigenvalue weighted by molar-refractivity contribution is 0.389. The second-order valence-corrected chi connectivity index (χ2v) is 4.80. The Balaban J connectivity index is 2.14. The summed E-state index contributed by atoms with van der Waals surface area (Å²) in [5, 5.41) is 11.7. The van der Waals surface area contributed by atoms with Crippen LogP contribution in [0, 0.1) is 6.92 Å². The first kappa shape index (κ1) is 14.5. The molecule has 0 aliphatic rings. The van der Waals surface area contributed by atoms with Gasteiger partial charge in [0.2, 0.25) is 5.88 Å². The summed E-state index contributed by atoms with van der Waals surface area (Å²) in [6.07, 6.45) is 0.898. The van der Waals surface area contributed by atoms with Crippen LogP contribution in [-0.4, -0.2) is 23.9 Å². The molecule has 0 fully saturated rings. The van der Waals surface area contributed by atoms with Gasteiger partial charge in [0.25, 0.3) is 0 Å². The predicted molar refractivity (Wildman–Crippen MR) is 79.9 cm³/mol. The Hall–Kier alpha value is -1.94. The van der Waals surface area contributed by atoms with E-state index in [-0.39, 0.29) is 6.04 Å². The van der Waals surface area contributed by atoms with E-state index in [1.807, 2.05) is 12.1 Å². The van der Waals surface area contributed by atoms with E-state index in [1.54, 1.807) is 7.11 Å². The van der Waals surface area contributed by atoms with Crippen LogP contribution in [0.25, 0.3) is 0 Å². The van der Waals surface area contributed by atoms with Gasteiger partial charge in [-0.05, 0) is 31.5 Å². The third kappa shape index (κ3) is 3.78. The third-order valence-electron chi connectivity index (χ3n) is 3.24. The van der Waals surface area contributed by atoms with Crippen molar-refractivity contribution in [3.63, 3.8) is 0 Å². The van der Waals surface area contributed by atoms with Crippen molar-refractivity contribution < 1.29 is 4.74 Å². The van der Waals surface area contributed by atoms with E-state index in [1.165, 1.54) is 11.1 Å². The molecule has 4 heteroatoms. The number of hydrogen-bond acceptors (Lipinski definition) is 4. The van der Waals surface area contributed by atoms with Crippen LogP contribution in [0.5, 0.6) is 5.88 Å². The van der Waals surface area contributed by atoms with E-state index in [0.717, 1.165) is 18.7 Å². The number of methoxy groups -OCH3 is 1. The molecule has 0 amide bonds. The zero-order valence-electron chi connectivity index (χ0n) is 12.3. The highest BCUT2D eigenvalue weighted by molar-refractivity contribution is 5.24. The quantitative estimate of drug-likeness (QED) is 0.877. The maximum atomic E-state index is 5.05. The Kier molecular flexibility index (Phi) is 5.07. The number of aryl methyl sites for hydroxylation is 1. The molecule has 0 spiro atoms. The van der Waals surface area contributed by atoms with Crippen molar-refractivity contribution in [1.82, 2.24) is 15.5 Å². The zero-order chi connectivity index (χ0) is 14.4. The summed E-state index contributed by atoms with van der Waals surface area (Å²) < 4.78 is 5.05. The number of likely N-dealkylation sites (N-methyl/N-ethyl adjacent to an activating group) is 1. The number of benzene rings is 1. The minimum atomic E-state index is 0.168. The molecule has 1 aromatic carbocycles. The molecule has 1 unspecified atom stereocenters. The lowest BCUT2D eigenvalue weighted by Crippen LogP contribution is -2.24. The summed E-state index contributed by atoms with van der Waals surface area (Å²) in [4.78, 5) is 0. The number of ether oxygens (including phenoxy) is 1. The molecule has 1 atom stereocenters. The molecule has 0 saturated heterocycles. The summed E-state index contributed by atoms with van der Waals surface area (Å²) in [7, 11) is 1.60. The second kappa shape index (κ2) is 7.01. The number of hydrogen-bond donors (Lipinski definition) is 1. The zero-order valence-corrected chi connectivity index (χ0v) is 12.3. The van der Waals surface area contributed by atoms with Gasteiger partial charge >= 0.3 is 0 Å². The lowest BCUT2D eigenvalue weighted by Gasteiger charge is -2.17. The van der Waals surface area contributed by atoms with E-state index >= 15 is 0 Å². The van der Waals surface area contributed by atoms with E-state index in [4.69, 9.17) is 4.74 Å². The minimum Gasteiger partial charge on any atom is -0.480 e. The monoisotopic (exact) mass is 271 g/mol. The Labute approximate surface area is 120 Å². The summed E-state index contributed by atoms with van der Waals surface area (Å²) in [6.45, 7) is 5.09. The van der Waals surface area contributed by atoms with Crippen LogP contribution in [0.3, 0.4) is 0 Å². The smallest absolute Gasteiger partial charge is 0.233 e. The van der Waals surface area contributed by atoms with Gasteiger partial charge in [0.1, 0.15) is 0 Å². The Morgan fingerprint density at radius 3 is 2.40 bits per heavy atom. The van der Waals surface area contributed by atoms with Crippen molar-refractivity contribution in [3.05, 3.63) is 53.2 Å². The summed E-state index contributed by atoms with van der Waals surface area (Å²) in [6, 6.07) is 12.6. The van der Waals surface area contributed by atoms with E-state index in [2.05, 4.69) is 53.6 Å². The maximum absolute atomic E-state index is 5.05. The highest BCUT2D eigenvalue weighted by atomic mass is 16.5. The lowest BCUT2D eigenvalue weighted by atomic mass is 10.0. The first-order valence-electron chi connectivity index (χ1n) is 6.89. The molecule has 0 radical (unpaired) electrons. The number of nitrogens with one attached hydrogen (secondary N) is 1. The van der Waals surface area contributed by atoms with Crippen molar-refractivity contribution in [3.8, 4) is 5.88 Å². The standard InChI is InChI=1S/C16H21N3O/c1-4-17-15(11-13-7-5-12(2)6-8-13)14-9-10-16(20-3)19-18-14/h5-10,15,17H,4,11H2,1-3H3. The fourth-order valence-corrected chi connectivity index (χ4v) is 2.11. The van der Waals surface area contributed by atoms with Gasteiger partial charge in [-0.25, -0.2) is 0 Å². The molecule has 0 aliphatic carbocycles. The highest BCUT2D eigenvalue weighted by Crippen LogP contribution is 2.18. The van der Waals surface area contributed by atoms with Gasteiger partial charge in [-0.3, -0.25) is 0 Å². The molecule has 1 heterocycles. The summed E-state index contributed by atoms with van der Waals surface area (Å²) in [5.41, 5.74) is 3.50. The molecule has 20 heavy (non-hydrogen) atoms. The Bertz CT molecular complexity index is 522. The Morgan fingerprint density at radius 2 is 1.85 bits per heavy atom. The maximum Gasteiger partial charge on any atom is 0.233 e. The summed E-state index contributed by atoms with van der Waals surface area (Å²) >= 11 is 0. The summed E-state index contributed by atoms with van der Waals surface area (Å²) in [5.74, 6) is 0.541. The molecular weight excluding hydrogens is 250 g/mol. The van der Waals surface area contributed by atoms with Gasteiger partial charge in [-0.15, -0.1) is 5.10 Å². The fraction of sp³-hybridized carbons (Fsp3) is 0.375. The van der Waals surface area contributed by atoms with Crippen LogP contribution < -0.4 is 10.1 Å². The molecule has 106 valence electrons. The van der Waals surface area contributed by atoms with Crippen molar-refractivity contribution in [2.75, 3.05) is 13.7 Å². The van der Waals surface area contributed by atoms with E-state index in [0.29, 0.717) is 5.88 Å². The van der Waals surface area contributed by atoms with Gasteiger partial charge in [0, 0.05) is 6.07 Å². The molecule has 0 saturated carbocycles. The van der Waals surface area contributed by atoms with Gasteiger partial charge in [-0.1, -0.05) is 36.8 Å². The SMILES string of the molecule is CCNC(Cc1ccc(C)cc1)c1ccc(OC)nn1. The van der Waals surface area contributed by atoms with Gasteiger partial charge in [0.05, 0.1) is 18.8 Å². The third-order valence-corrected chi connectivity index (χ3v) is 3.24. The van der Waals surface area contributed by atoms with E-state index < -0.39 is 0 Å². The average molecular weight is 271 g/mol. The van der Waals surface area contributed by atoms with Gasteiger partial charge in [0.15, 0.2) is 0 Å². The molecular formula is C16H21N3O. The van der Waals surface area contributed by atoms with Crippen LogP contribution in [0.15, 0.2) is 36.4 Å². The normalized spacial score (nSPS) is 12.2. The molecule has 0 aliphatic heterocycles. The highest BCUT2D eigenvalue weighted by Gasteiger charge is 2.13. The van der Waals surface area contributed by atoms with Crippen molar-refractivity contribution in [2.24, 2.45) is 0 Å². The number of rotatable bonds is 6. The minimum absolute atomic E-state index is 0.168. The first-order valence-corrected chi connectivity index (χ1v) is 6.89. The first-order chi connectivity index (χ1) is 9.72. The van der Waals surface area contributed by atoms with Crippen LogP contribution in [0.4, 0.5) is 0 Å². The molecule has 2 rings (SSSR count). The van der Waals surface area contributed by atoms with Crippen molar-refractivity contribution in [1.29, 1.82) is 0 Å².